The second-order valence-electron chi connectivity index (χ2n) is 5.81. The van der Waals surface area contributed by atoms with E-state index < -0.39 is 11.6 Å². The maximum Gasteiger partial charge on any atom is 0.234 e. The number of hydrogen-bond donors (Lipinski definition) is 1. The van der Waals surface area contributed by atoms with Crippen LogP contribution in [0.3, 0.4) is 0 Å². The third kappa shape index (κ3) is 5.32. The molecule has 2 aromatic carbocycles. The van der Waals surface area contributed by atoms with E-state index in [1.807, 2.05) is 44.1 Å². The highest BCUT2D eigenvalue weighted by Gasteiger charge is 2.10. The molecule has 0 bridgehead atoms. The van der Waals surface area contributed by atoms with E-state index >= 15 is 0 Å². The molecule has 24 heavy (non-hydrogen) atoms. The van der Waals surface area contributed by atoms with Gasteiger partial charge in [-0.1, -0.05) is 17.7 Å². The van der Waals surface area contributed by atoms with Gasteiger partial charge in [0.05, 0.1) is 5.75 Å². The van der Waals surface area contributed by atoms with E-state index in [2.05, 4.69) is 5.32 Å². The van der Waals surface area contributed by atoms with E-state index in [-0.39, 0.29) is 11.7 Å². The molecule has 0 saturated carbocycles. The van der Waals surface area contributed by atoms with E-state index in [4.69, 9.17) is 0 Å². The van der Waals surface area contributed by atoms with Gasteiger partial charge in [0.25, 0.3) is 0 Å². The molecule has 0 heterocycles. The Morgan fingerprint density at radius 1 is 1.12 bits per heavy atom. The zero-order chi connectivity index (χ0) is 17.7. The van der Waals surface area contributed by atoms with Gasteiger partial charge in [-0.15, -0.1) is 11.8 Å². The third-order valence-corrected chi connectivity index (χ3v) is 4.28. The summed E-state index contributed by atoms with van der Waals surface area (Å²) in [6.07, 6.45) is 0. The molecule has 1 amide bonds. The maximum absolute atomic E-state index is 13.2. The first-order valence-corrected chi connectivity index (χ1v) is 8.45. The molecule has 128 valence electrons. The van der Waals surface area contributed by atoms with Crippen LogP contribution in [-0.4, -0.2) is 30.7 Å². The van der Waals surface area contributed by atoms with Gasteiger partial charge in [0, 0.05) is 17.1 Å². The highest BCUT2D eigenvalue weighted by atomic mass is 32.2. The molecule has 0 aromatic heterocycles. The number of benzene rings is 2. The number of carbonyl (C=O) groups is 1. The van der Waals surface area contributed by atoms with Crippen molar-refractivity contribution in [3.05, 3.63) is 59.2 Å². The number of hydrogen-bond acceptors (Lipinski definition) is 3. The van der Waals surface area contributed by atoms with Crippen molar-refractivity contribution < 1.29 is 13.6 Å². The van der Waals surface area contributed by atoms with E-state index in [0.717, 1.165) is 40.7 Å². The zero-order valence-corrected chi connectivity index (χ0v) is 14.7. The second-order valence-corrected chi connectivity index (χ2v) is 6.86. The standard InChI is InChI=1S/C18H20F2N2OS/c1-12-4-7-17(13(8-12)10-22(2)3)21-18(23)11-24-14-5-6-15(19)16(20)9-14/h4-9H,10-11H2,1-3H3,(H,21,23). The Hall–Kier alpha value is -1.92. The van der Waals surface area contributed by atoms with Crippen molar-refractivity contribution in [2.24, 2.45) is 0 Å². The Kier molecular flexibility index (Phi) is 6.34. The van der Waals surface area contributed by atoms with Crippen LogP contribution in [-0.2, 0) is 11.3 Å². The van der Waals surface area contributed by atoms with E-state index in [9.17, 15) is 13.6 Å². The summed E-state index contributed by atoms with van der Waals surface area (Å²) in [7, 11) is 3.93. The fraction of sp³-hybridized carbons (Fsp3) is 0.278. The Morgan fingerprint density at radius 3 is 2.54 bits per heavy atom. The molecule has 0 saturated heterocycles. The predicted molar refractivity (Wildman–Crippen MR) is 94.3 cm³/mol. The summed E-state index contributed by atoms with van der Waals surface area (Å²) < 4.78 is 26.1. The summed E-state index contributed by atoms with van der Waals surface area (Å²) in [6.45, 7) is 2.72. The largest absolute Gasteiger partial charge is 0.325 e. The lowest BCUT2D eigenvalue weighted by Gasteiger charge is -2.15. The molecule has 0 radical (unpaired) electrons. The zero-order valence-electron chi connectivity index (χ0n) is 13.9. The van der Waals surface area contributed by atoms with Gasteiger partial charge in [-0.25, -0.2) is 8.78 Å². The lowest BCUT2D eigenvalue weighted by molar-refractivity contribution is -0.113. The Labute approximate surface area is 145 Å². The highest BCUT2D eigenvalue weighted by molar-refractivity contribution is 8.00. The van der Waals surface area contributed by atoms with Crippen molar-refractivity contribution in [3.63, 3.8) is 0 Å². The minimum absolute atomic E-state index is 0.125. The molecule has 0 atom stereocenters. The fourth-order valence-electron chi connectivity index (χ4n) is 2.22. The molecule has 2 rings (SSSR count). The minimum Gasteiger partial charge on any atom is -0.325 e. The van der Waals surface area contributed by atoms with Gasteiger partial charge in [0.1, 0.15) is 0 Å². The molecule has 0 aliphatic carbocycles. The van der Waals surface area contributed by atoms with Crippen LogP contribution in [0.15, 0.2) is 41.3 Å². The molecular formula is C18H20F2N2OS. The van der Waals surface area contributed by atoms with Crippen molar-refractivity contribution in [1.29, 1.82) is 0 Å². The van der Waals surface area contributed by atoms with Crippen LogP contribution in [0.25, 0.3) is 0 Å². The first kappa shape index (κ1) is 18.4. The molecule has 3 nitrogen and oxygen atoms in total. The molecular weight excluding hydrogens is 330 g/mol. The maximum atomic E-state index is 13.2. The molecule has 0 unspecified atom stereocenters. The molecule has 0 spiro atoms. The topological polar surface area (TPSA) is 32.3 Å². The average molecular weight is 350 g/mol. The summed E-state index contributed by atoms with van der Waals surface area (Å²) in [5.41, 5.74) is 2.93. The quantitative estimate of drug-likeness (QED) is 0.797. The molecule has 0 aliphatic heterocycles. The molecule has 0 aliphatic rings. The Bertz CT molecular complexity index is 735. The molecule has 6 heteroatoms. The Morgan fingerprint density at radius 2 is 1.88 bits per heavy atom. The van der Waals surface area contributed by atoms with E-state index in [1.54, 1.807) is 0 Å². The van der Waals surface area contributed by atoms with Gasteiger partial charge in [-0.05, 0) is 50.8 Å². The number of anilines is 1. The summed E-state index contributed by atoms with van der Waals surface area (Å²) in [4.78, 5) is 14.7. The number of nitrogens with zero attached hydrogens (tertiary/aromatic N) is 1. The fourth-order valence-corrected chi connectivity index (χ4v) is 2.94. The molecule has 1 N–H and O–H groups in total. The van der Waals surface area contributed by atoms with E-state index in [0.29, 0.717) is 11.4 Å². The average Bonchev–Trinajstić information content (AvgIpc) is 2.50. The monoisotopic (exact) mass is 350 g/mol. The first-order chi connectivity index (χ1) is 11.3. The van der Waals surface area contributed by atoms with Crippen molar-refractivity contribution in [2.75, 3.05) is 25.2 Å². The van der Waals surface area contributed by atoms with Crippen LogP contribution in [0, 0.1) is 18.6 Å². The SMILES string of the molecule is Cc1ccc(NC(=O)CSc2ccc(F)c(F)c2)c(CN(C)C)c1. The van der Waals surface area contributed by atoms with Gasteiger partial charge in [-0.2, -0.15) is 0 Å². The van der Waals surface area contributed by atoms with Crippen molar-refractivity contribution in [1.82, 2.24) is 4.90 Å². The van der Waals surface area contributed by atoms with Crippen LogP contribution < -0.4 is 5.32 Å². The first-order valence-electron chi connectivity index (χ1n) is 7.47. The van der Waals surface area contributed by atoms with Gasteiger partial charge < -0.3 is 10.2 Å². The second kappa shape index (κ2) is 8.26. The van der Waals surface area contributed by atoms with Crippen molar-refractivity contribution in [3.8, 4) is 0 Å². The number of halogens is 2. The number of thioether (sulfide) groups is 1. The normalized spacial score (nSPS) is 10.9. The highest BCUT2D eigenvalue weighted by Crippen LogP contribution is 2.22. The van der Waals surface area contributed by atoms with Gasteiger partial charge in [0.2, 0.25) is 5.91 Å². The number of aryl methyl sites for hydroxylation is 1. The van der Waals surface area contributed by atoms with Gasteiger partial charge in [-0.3, -0.25) is 4.79 Å². The van der Waals surface area contributed by atoms with Crippen LogP contribution in [0.2, 0.25) is 0 Å². The number of carbonyl (C=O) groups excluding carboxylic acids is 1. The lowest BCUT2D eigenvalue weighted by atomic mass is 10.1. The smallest absolute Gasteiger partial charge is 0.234 e. The van der Waals surface area contributed by atoms with Crippen LogP contribution in [0.1, 0.15) is 11.1 Å². The number of nitrogens with one attached hydrogen (secondary N) is 1. The molecule has 0 fully saturated rings. The summed E-state index contributed by atoms with van der Waals surface area (Å²) in [5, 5.41) is 2.89. The lowest BCUT2D eigenvalue weighted by Crippen LogP contribution is -2.18. The molecule has 2 aromatic rings. The number of amides is 1. The summed E-state index contributed by atoms with van der Waals surface area (Å²) in [5.74, 6) is -1.86. The van der Waals surface area contributed by atoms with Crippen LogP contribution in [0.5, 0.6) is 0 Å². The third-order valence-electron chi connectivity index (χ3n) is 3.28. The van der Waals surface area contributed by atoms with Crippen LogP contribution in [0.4, 0.5) is 14.5 Å². The van der Waals surface area contributed by atoms with Crippen LogP contribution >= 0.6 is 11.8 Å². The minimum atomic E-state index is -0.910. The summed E-state index contributed by atoms with van der Waals surface area (Å²) in [6, 6.07) is 9.48. The van der Waals surface area contributed by atoms with Gasteiger partial charge in [0.15, 0.2) is 11.6 Å². The van der Waals surface area contributed by atoms with Crippen molar-refractivity contribution in [2.45, 2.75) is 18.4 Å². The Balaban J connectivity index is 2.00. The van der Waals surface area contributed by atoms with E-state index in [1.165, 1.54) is 6.07 Å². The number of rotatable bonds is 6. The van der Waals surface area contributed by atoms with Crippen molar-refractivity contribution >= 4 is 23.4 Å². The summed E-state index contributed by atoms with van der Waals surface area (Å²) >= 11 is 1.16. The predicted octanol–water partition coefficient (Wildman–Crippen LogP) is 4.07. The van der Waals surface area contributed by atoms with Gasteiger partial charge >= 0.3 is 0 Å².